The Bertz CT molecular complexity index is 442. The summed E-state index contributed by atoms with van der Waals surface area (Å²) in [7, 11) is 0. The maximum atomic E-state index is 10.8. The van der Waals surface area contributed by atoms with Crippen LogP contribution in [0.2, 0.25) is 0 Å². The number of nitrogens with zero attached hydrogens (tertiary/aromatic N) is 1. The summed E-state index contributed by atoms with van der Waals surface area (Å²) in [5, 5.41) is 10.8. The molecular weight excluding hydrogens is 272 g/mol. The predicted octanol–water partition coefficient (Wildman–Crippen LogP) is 3.11. The van der Waals surface area contributed by atoms with Gasteiger partial charge in [-0.05, 0) is 32.1 Å². The lowest BCUT2D eigenvalue weighted by Crippen LogP contribution is -2.15. The average Bonchev–Trinajstić information content (AvgIpc) is 2.20. The lowest BCUT2D eigenvalue weighted by molar-refractivity contribution is -0.385. The molecule has 0 spiro atoms. The molecule has 0 aliphatic rings. The van der Waals surface area contributed by atoms with Crippen molar-refractivity contribution in [3.05, 3.63) is 43.9 Å². The zero-order valence-electron chi connectivity index (χ0n) is 9.11. The van der Waals surface area contributed by atoms with E-state index in [9.17, 15) is 10.1 Å². The highest BCUT2D eigenvalue weighted by atomic mass is 79.9. The smallest absolute Gasteiger partial charge is 0.277 e. The second-order valence-corrected chi connectivity index (χ2v) is 4.55. The van der Waals surface area contributed by atoms with Crippen molar-refractivity contribution in [2.24, 2.45) is 5.73 Å². The molecular formula is C11H13BrN2O2. The van der Waals surface area contributed by atoms with E-state index >= 15 is 0 Å². The van der Waals surface area contributed by atoms with Crippen LogP contribution in [0.4, 0.5) is 5.69 Å². The van der Waals surface area contributed by atoms with E-state index in [4.69, 9.17) is 5.73 Å². The molecule has 0 saturated carbocycles. The monoisotopic (exact) mass is 284 g/mol. The van der Waals surface area contributed by atoms with Gasteiger partial charge in [0.2, 0.25) is 0 Å². The first-order valence-electron chi connectivity index (χ1n) is 4.79. The number of nitrogens with two attached hydrogens (primary N) is 1. The van der Waals surface area contributed by atoms with Crippen LogP contribution in [0.1, 0.15) is 19.4 Å². The van der Waals surface area contributed by atoms with Crippen molar-refractivity contribution in [2.75, 3.05) is 0 Å². The molecule has 0 amide bonds. The molecule has 0 aliphatic heterocycles. The van der Waals surface area contributed by atoms with Gasteiger partial charge in [0.1, 0.15) is 0 Å². The summed E-state index contributed by atoms with van der Waals surface area (Å²) in [6, 6.07) is 4.85. The first-order valence-corrected chi connectivity index (χ1v) is 5.59. The van der Waals surface area contributed by atoms with Crippen LogP contribution in [-0.2, 0) is 0 Å². The zero-order chi connectivity index (χ0) is 12.3. The molecule has 1 atom stereocenters. The van der Waals surface area contributed by atoms with Crippen LogP contribution in [0, 0.1) is 10.1 Å². The van der Waals surface area contributed by atoms with Gasteiger partial charge in [0.25, 0.3) is 5.69 Å². The van der Waals surface area contributed by atoms with Gasteiger partial charge in [0.05, 0.1) is 10.5 Å². The van der Waals surface area contributed by atoms with Crippen LogP contribution in [0.5, 0.6) is 0 Å². The fourth-order valence-corrected chi connectivity index (χ4v) is 1.52. The van der Waals surface area contributed by atoms with Crippen molar-refractivity contribution >= 4 is 27.7 Å². The highest BCUT2D eigenvalue weighted by molar-refractivity contribution is 9.10. The summed E-state index contributed by atoms with van der Waals surface area (Å²) in [4.78, 5) is 10.5. The Kier molecular flexibility index (Phi) is 4.20. The third kappa shape index (κ3) is 3.15. The van der Waals surface area contributed by atoms with Crippen molar-refractivity contribution in [3.63, 3.8) is 0 Å². The predicted molar refractivity (Wildman–Crippen MR) is 68.1 cm³/mol. The van der Waals surface area contributed by atoms with Crippen molar-refractivity contribution < 1.29 is 4.92 Å². The minimum atomic E-state index is -0.398. The van der Waals surface area contributed by atoms with Gasteiger partial charge in [-0.25, -0.2) is 0 Å². The molecule has 5 heteroatoms. The molecule has 0 saturated heterocycles. The van der Waals surface area contributed by atoms with Gasteiger partial charge in [-0.1, -0.05) is 21.5 Å². The van der Waals surface area contributed by atoms with Crippen LogP contribution >= 0.6 is 15.9 Å². The maximum absolute atomic E-state index is 10.8. The number of hydrogen-bond acceptors (Lipinski definition) is 3. The minimum Gasteiger partial charge on any atom is -0.324 e. The molecule has 0 heterocycles. The molecule has 1 rings (SSSR count). The first-order chi connectivity index (χ1) is 7.41. The molecule has 4 nitrogen and oxygen atoms in total. The molecule has 0 aromatic heterocycles. The van der Waals surface area contributed by atoms with Gasteiger partial charge < -0.3 is 5.73 Å². The van der Waals surface area contributed by atoms with E-state index in [0.717, 1.165) is 5.57 Å². The van der Waals surface area contributed by atoms with Crippen molar-refractivity contribution in [1.82, 2.24) is 0 Å². The number of rotatable bonds is 3. The molecule has 86 valence electrons. The van der Waals surface area contributed by atoms with E-state index < -0.39 is 4.92 Å². The zero-order valence-corrected chi connectivity index (χ0v) is 10.7. The molecule has 1 aromatic rings. The largest absolute Gasteiger partial charge is 0.324 e. The van der Waals surface area contributed by atoms with Gasteiger partial charge in [0, 0.05) is 16.6 Å². The Morgan fingerprint density at radius 1 is 1.62 bits per heavy atom. The van der Waals surface area contributed by atoms with E-state index in [1.165, 1.54) is 6.07 Å². The third-order valence-corrected chi connectivity index (χ3v) is 2.78. The second-order valence-electron chi connectivity index (χ2n) is 3.64. The molecule has 0 bridgehead atoms. The number of nitro groups is 1. The number of halogens is 1. The molecule has 0 radical (unpaired) electrons. The molecule has 0 fully saturated rings. The quantitative estimate of drug-likeness (QED) is 0.685. The van der Waals surface area contributed by atoms with Crippen molar-refractivity contribution in [1.29, 1.82) is 0 Å². The normalized spacial score (nSPS) is 13.6. The Hall–Kier alpha value is -1.20. The van der Waals surface area contributed by atoms with Gasteiger partial charge in [-0.15, -0.1) is 0 Å². The Morgan fingerprint density at radius 2 is 2.25 bits per heavy atom. The van der Waals surface area contributed by atoms with E-state index in [1.807, 2.05) is 13.8 Å². The van der Waals surface area contributed by atoms with Crippen LogP contribution in [0.25, 0.3) is 6.08 Å². The van der Waals surface area contributed by atoms with Crippen LogP contribution in [0.3, 0.4) is 0 Å². The number of benzene rings is 1. The van der Waals surface area contributed by atoms with Crippen LogP contribution < -0.4 is 5.73 Å². The van der Waals surface area contributed by atoms with E-state index in [2.05, 4.69) is 15.9 Å². The first kappa shape index (κ1) is 12.9. The van der Waals surface area contributed by atoms with Gasteiger partial charge >= 0.3 is 0 Å². The van der Waals surface area contributed by atoms with E-state index in [0.29, 0.717) is 10.0 Å². The molecule has 0 aliphatic carbocycles. The van der Waals surface area contributed by atoms with Gasteiger partial charge in [-0.3, -0.25) is 10.1 Å². The van der Waals surface area contributed by atoms with Crippen LogP contribution in [-0.4, -0.2) is 11.0 Å². The van der Waals surface area contributed by atoms with Gasteiger partial charge in [-0.2, -0.15) is 0 Å². The second kappa shape index (κ2) is 5.23. The third-order valence-electron chi connectivity index (χ3n) is 2.29. The summed E-state index contributed by atoms with van der Waals surface area (Å²) in [5.41, 5.74) is 7.25. The lowest BCUT2D eigenvalue weighted by atomic mass is 10.1. The maximum Gasteiger partial charge on any atom is 0.277 e. The summed E-state index contributed by atoms with van der Waals surface area (Å²) < 4.78 is 0.690. The number of hydrogen-bond donors (Lipinski definition) is 1. The summed E-state index contributed by atoms with van der Waals surface area (Å²) in [6.45, 7) is 3.70. The topological polar surface area (TPSA) is 69.2 Å². The average molecular weight is 285 g/mol. The lowest BCUT2D eigenvalue weighted by Gasteiger charge is -2.05. The van der Waals surface area contributed by atoms with Crippen LogP contribution in [0.15, 0.2) is 28.2 Å². The fraction of sp³-hybridized carbons (Fsp3) is 0.273. The van der Waals surface area contributed by atoms with E-state index in [-0.39, 0.29) is 11.7 Å². The fourth-order valence-electron chi connectivity index (χ4n) is 1.17. The highest BCUT2D eigenvalue weighted by Crippen LogP contribution is 2.25. The van der Waals surface area contributed by atoms with Gasteiger partial charge in [0.15, 0.2) is 0 Å². The minimum absolute atomic E-state index is 0.0781. The highest BCUT2D eigenvalue weighted by Gasteiger charge is 2.12. The molecule has 2 N–H and O–H groups in total. The van der Waals surface area contributed by atoms with Crippen molar-refractivity contribution in [3.8, 4) is 0 Å². The Morgan fingerprint density at radius 3 is 2.75 bits per heavy atom. The Balaban J connectivity index is 3.24. The molecule has 1 aromatic carbocycles. The molecule has 16 heavy (non-hydrogen) atoms. The summed E-state index contributed by atoms with van der Waals surface area (Å²) in [5.74, 6) is 0. The summed E-state index contributed by atoms with van der Waals surface area (Å²) in [6.07, 6.45) is 1.75. The molecule has 1 unspecified atom stereocenters. The van der Waals surface area contributed by atoms with Crippen molar-refractivity contribution in [2.45, 2.75) is 19.9 Å². The Labute approximate surface area is 102 Å². The summed E-state index contributed by atoms with van der Waals surface area (Å²) >= 11 is 3.21. The van der Waals surface area contributed by atoms with E-state index in [1.54, 1.807) is 18.2 Å². The SMILES string of the molecule is C/C(=C\c1ccc(Br)cc1[N+](=O)[O-])C(C)N. The standard InChI is InChI=1S/C11H13BrN2O2/c1-7(8(2)13)5-9-3-4-10(12)6-11(9)14(15)16/h3-6,8H,13H2,1-2H3/b7-5+. The number of nitro benzene ring substituents is 1.